The zero-order chi connectivity index (χ0) is 30.9. The van der Waals surface area contributed by atoms with Gasteiger partial charge in [-0.1, -0.05) is 146 Å². The van der Waals surface area contributed by atoms with Crippen molar-refractivity contribution in [3.8, 4) is 33.4 Å². The van der Waals surface area contributed by atoms with Crippen molar-refractivity contribution < 1.29 is 8.53 Å². The van der Waals surface area contributed by atoms with Crippen molar-refractivity contribution in [2.75, 3.05) is 0 Å². The van der Waals surface area contributed by atoms with Gasteiger partial charge in [-0.15, -0.1) is 0 Å². The number of benzene rings is 8. The minimum atomic E-state index is -0.106. The molecule has 0 unspecified atom stereocenters. The summed E-state index contributed by atoms with van der Waals surface area (Å²) in [6.45, 7) is 0. The van der Waals surface area contributed by atoms with Gasteiger partial charge in [-0.05, 0) is 66.7 Å². The standard InChI is InChI=1S/C42H26O/c1-2-12-27(13-3-1)29-15-10-16-30(26-29)39-32-18-6-8-20-34(32)40(35-21-9-7-19-33(35)39)36-22-11-23-37-41-31-17-5-4-14-28(31)24-25-38(41)43-42(36)37/h1-26H/i11D,22D,23D. The van der Waals surface area contributed by atoms with Gasteiger partial charge in [0.2, 0.25) is 0 Å². The minimum absolute atomic E-state index is 0.00464. The van der Waals surface area contributed by atoms with Crippen molar-refractivity contribution in [1.82, 2.24) is 0 Å². The molecule has 0 N–H and O–H groups in total. The largest absolute Gasteiger partial charge is 0.455 e. The fourth-order valence-electron chi connectivity index (χ4n) is 6.75. The van der Waals surface area contributed by atoms with Crippen molar-refractivity contribution in [3.05, 3.63) is 158 Å². The molecule has 0 atom stereocenters. The molecule has 1 aromatic heterocycles. The summed E-state index contributed by atoms with van der Waals surface area (Å²) in [5, 5.41) is 7.45. The molecule has 9 rings (SSSR count). The van der Waals surface area contributed by atoms with Gasteiger partial charge in [-0.2, -0.15) is 0 Å². The van der Waals surface area contributed by atoms with Crippen LogP contribution in [0.25, 0.3) is 87.6 Å². The van der Waals surface area contributed by atoms with Crippen LogP contribution in [0.15, 0.2) is 162 Å². The molecule has 0 bridgehead atoms. The topological polar surface area (TPSA) is 13.1 Å². The van der Waals surface area contributed by atoms with Crippen LogP contribution in [-0.2, 0) is 0 Å². The Labute approximate surface area is 253 Å². The molecule has 200 valence electrons. The van der Waals surface area contributed by atoms with E-state index in [1.165, 1.54) is 0 Å². The average Bonchev–Trinajstić information content (AvgIpc) is 3.51. The molecule has 0 aliphatic carbocycles. The third kappa shape index (κ3) is 3.65. The molecule has 8 aromatic carbocycles. The molecule has 9 aromatic rings. The van der Waals surface area contributed by atoms with Gasteiger partial charge in [0.15, 0.2) is 0 Å². The van der Waals surface area contributed by atoms with E-state index in [4.69, 9.17) is 7.16 Å². The van der Waals surface area contributed by atoms with E-state index in [0.29, 0.717) is 22.1 Å². The van der Waals surface area contributed by atoms with E-state index in [0.717, 1.165) is 65.5 Å². The molecule has 0 saturated heterocycles. The number of para-hydroxylation sites is 1. The molecular formula is C42H26O. The molecule has 0 aliphatic rings. The first-order chi connectivity index (χ1) is 22.6. The van der Waals surface area contributed by atoms with E-state index in [1.807, 2.05) is 54.6 Å². The summed E-state index contributed by atoms with van der Waals surface area (Å²) in [4.78, 5) is 0. The zero-order valence-corrected chi connectivity index (χ0v) is 23.2. The predicted octanol–water partition coefficient (Wildman–Crippen LogP) is 12.0. The van der Waals surface area contributed by atoms with Gasteiger partial charge in [0.25, 0.3) is 0 Å². The first kappa shape index (κ1) is 21.1. The maximum atomic E-state index is 9.32. The fourth-order valence-corrected chi connectivity index (χ4v) is 6.75. The second kappa shape index (κ2) is 9.44. The van der Waals surface area contributed by atoms with E-state index in [9.17, 15) is 1.37 Å². The molecule has 0 aliphatic heterocycles. The molecule has 0 radical (unpaired) electrons. The first-order valence-electron chi connectivity index (χ1n) is 16.0. The van der Waals surface area contributed by atoms with Crippen LogP contribution in [0, 0.1) is 0 Å². The number of hydrogen-bond acceptors (Lipinski definition) is 1. The lowest BCUT2D eigenvalue weighted by Crippen LogP contribution is -1.91. The Balaban J connectivity index is 1.43. The van der Waals surface area contributed by atoms with E-state index in [-0.39, 0.29) is 18.1 Å². The van der Waals surface area contributed by atoms with Crippen LogP contribution in [0.5, 0.6) is 0 Å². The van der Waals surface area contributed by atoms with Gasteiger partial charge < -0.3 is 4.42 Å². The normalized spacial score (nSPS) is 12.7. The maximum Gasteiger partial charge on any atom is 0.143 e. The van der Waals surface area contributed by atoms with Gasteiger partial charge in [0.1, 0.15) is 11.2 Å². The van der Waals surface area contributed by atoms with Gasteiger partial charge in [-0.3, -0.25) is 0 Å². The number of furan rings is 1. The second-order valence-corrected chi connectivity index (χ2v) is 11.0. The van der Waals surface area contributed by atoms with Crippen LogP contribution >= 0.6 is 0 Å². The highest BCUT2D eigenvalue weighted by molar-refractivity contribution is 6.26. The Morgan fingerprint density at radius 3 is 1.79 bits per heavy atom. The fraction of sp³-hybridized carbons (Fsp3) is 0. The molecular weight excluding hydrogens is 520 g/mol. The zero-order valence-electron chi connectivity index (χ0n) is 26.2. The van der Waals surface area contributed by atoms with Gasteiger partial charge in [0, 0.05) is 21.9 Å². The monoisotopic (exact) mass is 549 g/mol. The van der Waals surface area contributed by atoms with Crippen molar-refractivity contribution in [3.63, 3.8) is 0 Å². The third-order valence-electron chi connectivity index (χ3n) is 8.62. The smallest absolute Gasteiger partial charge is 0.143 e. The van der Waals surface area contributed by atoms with Crippen LogP contribution in [0.3, 0.4) is 0 Å². The molecule has 0 saturated carbocycles. The van der Waals surface area contributed by atoms with E-state index in [2.05, 4.69) is 84.9 Å². The van der Waals surface area contributed by atoms with Crippen LogP contribution in [0.2, 0.25) is 0 Å². The molecule has 1 heterocycles. The second-order valence-electron chi connectivity index (χ2n) is 11.0. The molecule has 0 fully saturated rings. The Morgan fingerprint density at radius 2 is 1.05 bits per heavy atom. The van der Waals surface area contributed by atoms with Gasteiger partial charge in [0.05, 0.1) is 4.11 Å². The first-order valence-corrected chi connectivity index (χ1v) is 14.5. The van der Waals surface area contributed by atoms with E-state index in [1.54, 1.807) is 0 Å². The van der Waals surface area contributed by atoms with Crippen LogP contribution in [0.1, 0.15) is 4.11 Å². The summed E-state index contributed by atoms with van der Waals surface area (Å²) in [7, 11) is 0. The van der Waals surface area contributed by atoms with Crippen molar-refractivity contribution in [1.29, 1.82) is 0 Å². The SMILES string of the molecule is [2H]c1c([2H])c([2H])c2c(oc3ccc4ccccc4c32)c1-c1c2ccccc2c(-c2cccc(-c3ccccc3)c2)c2ccccc12. The Morgan fingerprint density at radius 1 is 0.442 bits per heavy atom. The molecule has 1 heteroatoms. The number of hydrogen-bond donors (Lipinski definition) is 0. The predicted molar refractivity (Wildman–Crippen MR) is 183 cm³/mol. The van der Waals surface area contributed by atoms with Crippen LogP contribution < -0.4 is 0 Å². The van der Waals surface area contributed by atoms with Gasteiger partial charge in [-0.25, -0.2) is 0 Å². The molecule has 1 nitrogen and oxygen atoms in total. The van der Waals surface area contributed by atoms with Crippen molar-refractivity contribution >= 4 is 54.3 Å². The maximum absolute atomic E-state index is 9.32. The van der Waals surface area contributed by atoms with Crippen molar-refractivity contribution in [2.24, 2.45) is 0 Å². The van der Waals surface area contributed by atoms with Crippen LogP contribution in [-0.4, -0.2) is 0 Å². The number of rotatable bonds is 3. The third-order valence-corrected chi connectivity index (χ3v) is 8.62. The summed E-state index contributed by atoms with van der Waals surface area (Å²) < 4.78 is 34.0. The summed E-state index contributed by atoms with van der Waals surface area (Å²) >= 11 is 0. The van der Waals surface area contributed by atoms with Gasteiger partial charge >= 0.3 is 0 Å². The lowest BCUT2D eigenvalue weighted by atomic mass is 9.85. The van der Waals surface area contributed by atoms with Crippen LogP contribution in [0.4, 0.5) is 0 Å². The van der Waals surface area contributed by atoms with E-state index >= 15 is 0 Å². The van der Waals surface area contributed by atoms with E-state index < -0.39 is 0 Å². The van der Waals surface area contributed by atoms with Crippen molar-refractivity contribution in [2.45, 2.75) is 0 Å². The highest BCUT2D eigenvalue weighted by atomic mass is 16.3. The quantitative estimate of drug-likeness (QED) is 0.200. The molecule has 0 spiro atoms. The lowest BCUT2D eigenvalue weighted by Gasteiger charge is -2.18. The summed E-state index contributed by atoms with van der Waals surface area (Å²) in [5.74, 6) is 0. The number of fused-ring (bicyclic) bond motifs is 7. The lowest BCUT2D eigenvalue weighted by molar-refractivity contribution is 0.670. The highest BCUT2D eigenvalue weighted by Gasteiger charge is 2.20. The Bertz CT molecular complexity index is 2610. The molecule has 0 amide bonds. The average molecular weight is 550 g/mol. The Hall–Kier alpha value is -5.66. The Kier molecular flexibility index (Phi) is 4.63. The molecule has 43 heavy (non-hydrogen) atoms. The summed E-state index contributed by atoms with van der Waals surface area (Å²) in [5.41, 5.74) is 7.05. The summed E-state index contributed by atoms with van der Waals surface area (Å²) in [6.07, 6.45) is 0. The summed E-state index contributed by atoms with van der Waals surface area (Å²) in [6, 6.07) is 47.6. The minimum Gasteiger partial charge on any atom is -0.455 e. The highest BCUT2D eigenvalue weighted by Crippen LogP contribution is 2.47.